The number of carbonyl (C=O) groups excluding carboxylic acids is 1. The third kappa shape index (κ3) is 17.2. The second kappa shape index (κ2) is 20.7. The predicted octanol–water partition coefficient (Wildman–Crippen LogP) is 3.73. The number of nitrogens with one attached hydrogen (secondary N) is 4. The van der Waals surface area contributed by atoms with E-state index in [1.54, 1.807) is 12.1 Å². The van der Waals surface area contributed by atoms with Gasteiger partial charge in [-0.2, -0.15) is 0 Å². The number of nitro groups is 1. The summed E-state index contributed by atoms with van der Waals surface area (Å²) in [7, 11) is 0. The first kappa shape index (κ1) is 34.9. The highest BCUT2D eigenvalue weighted by atomic mass is 16.6. The van der Waals surface area contributed by atoms with Crippen LogP contribution in [0.25, 0.3) is 0 Å². The minimum Gasteiger partial charge on any atom is -0.445 e. The molecule has 0 aliphatic carbocycles. The molecule has 0 saturated carbocycles. The number of benzene rings is 2. The number of carbonyl (C=O) groups is 1. The fourth-order valence-electron chi connectivity index (χ4n) is 3.80. The van der Waals surface area contributed by atoms with Crippen LogP contribution in [0.3, 0.4) is 0 Å². The van der Waals surface area contributed by atoms with Gasteiger partial charge in [-0.1, -0.05) is 36.9 Å². The van der Waals surface area contributed by atoms with Crippen molar-refractivity contribution in [1.29, 1.82) is 5.41 Å². The average Bonchev–Trinajstić information content (AvgIpc) is 2.93. The van der Waals surface area contributed by atoms with Crippen molar-refractivity contribution < 1.29 is 19.2 Å². The second-order valence-corrected chi connectivity index (χ2v) is 9.49. The number of hydrogen-bond acceptors (Lipinski definition) is 9. The summed E-state index contributed by atoms with van der Waals surface area (Å²) in [5, 5.41) is 26.0. The van der Waals surface area contributed by atoms with Crippen molar-refractivity contribution in [2.45, 2.75) is 52.6 Å². The van der Waals surface area contributed by atoms with Crippen LogP contribution in [0.5, 0.6) is 0 Å². The Balaban J connectivity index is 0.00000268. The standard InChI is InChI=1S/C28H41N5O5.CH4N2/c1-22(2)38-23(3)20-32(18-16-29-24(4)31-19-25-9-6-5-7-10-25)17-8-15-30-28(34)37-21-26-11-13-27(14-12-26)33(35)36;2-1-3/h5-7,9-14,22-23,29,31H,4,8,15-21H2,1-3H3,(H,30,34);1H,(H3,2,3). The highest BCUT2D eigenvalue weighted by Crippen LogP contribution is 2.12. The third-order valence-corrected chi connectivity index (χ3v) is 5.57. The highest BCUT2D eigenvalue weighted by molar-refractivity contribution is 5.67. The molecule has 0 saturated heterocycles. The molecule has 0 heterocycles. The first-order chi connectivity index (χ1) is 19.6. The topological polar surface area (TPSA) is 168 Å². The van der Waals surface area contributed by atoms with Gasteiger partial charge in [0.2, 0.25) is 0 Å². The first-order valence-corrected chi connectivity index (χ1v) is 13.6. The summed E-state index contributed by atoms with van der Waals surface area (Å²) in [5.74, 6) is 0.776. The predicted molar refractivity (Wildman–Crippen MR) is 161 cm³/mol. The van der Waals surface area contributed by atoms with Crippen molar-refractivity contribution in [3.8, 4) is 0 Å². The van der Waals surface area contributed by atoms with E-state index in [1.165, 1.54) is 17.7 Å². The minimum atomic E-state index is -0.520. The Morgan fingerprint density at radius 1 is 1.05 bits per heavy atom. The first-order valence-electron chi connectivity index (χ1n) is 13.6. The number of amides is 1. The Kier molecular flexibility index (Phi) is 17.6. The smallest absolute Gasteiger partial charge is 0.407 e. The van der Waals surface area contributed by atoms with Crippen molar-refractivity contribution in [1.82, 2.24) is 20.9 Å². The maximum absolute atomic E-state index is 12.0. The average molecular weight is 572 g/mol. The second-order valence-electron chi connectivity index (χ2n) is 9.49. The van der Waals surface area contributed by atoms with Gasteiger partial charge in [0.25, 0.3) is 5.69 Å². The molecule has 41 heavy (non-hydrogen) atoms. The number of nitrogens with two attached hydrogens (primary N) is 1. The summed E-state index contributed by atoms with van der Waals surface area (Å²) in [6.45, 7) is 14.5. The van der Waals surface area contributed by atoms with Gasteiger partial charge in [-0.3, -0.25) is 20.4 Å². The van der Waals surface area contributed by atoms with Gasteiger partial charge < -0.3 is 31.2 Å². The van der Waals surface area contributed by atoms with Crippen LogP contribution < -0.4 is 21.7 Å². The number of nitrogens with zero attached hydrogens (tertiary/aromatic N) is 2. The van der Waals surface area contributed by atoms with E-state index >= 15 is 0 Å². The Bertz CT molecular complexity index is 1040. The molecular weight excluding hydrogens is 526 g/mol. The lowest BCUT2D eigenvalue weighted by Crippen LogP contribution is -2.40. The van der Waals surface area contributed by atoms with E-state index in [0.29, 0.717) is 18.7 Å². The van der Waals surface area contributed by atoms with Gasteiger partial charge in [0, 0.05) is 44.9 Å². The third-order valence-electron chi connectivity index (χ3n) is 5.57. The Labute approximate surface area is 242 Å². The van der Waals surface area contributed by atoms with Gasteiger partial charge in [0.1, 0.15) is 6.61 Å². The SMILES string of the molecule is C=C(NCCN(CCCNC(=O)OCc1ccc([N+](=O)[O-])cc1)CC(C)OC(C)C)NCc1ccccc1.N=CN. The van der Waals surface area contributed by atoms with Crippen molar-refractivity contribution in [3.05, 3.63) is 88.2 Å². The molecule has 226 valence electrons. The molecule has 1 atom stereocenters. The number of ether oxygens (including phenoxy) is 2. The maximum atomic E-state index is 12.0. The molecule has 6 N–H and O–H groups in total. The van der Waals surface area contributed by atoms with E-state index in [0.717, 1.165) is 44.8 Å². The van der Waals surface area contributed by atoms with Crippen LogP contribution in [0.15, 0.2) is 67.0 Å². The van der Waals surface area contributed by atoms with Crippen LogP contribution in [-0.2, 0) is 22.6 Å². The molecule has 12 heteroatoms. The molecule has 12 nitrogen and oxygen atoms in total. The van der Waals surface area contributed by atoms with Gasteiger partial charge in [0.05, 0.1) is 29.3 Å². The maximum Gasteiger partial charge on any atom is 0.407 e. The molecule has 0 aromatic heterocycles. The number of non-ortho nitro benzene ring substituents is 1. The molecule has 1 unspecified atom stereocenters. The Morgan fingerprint density at radius 3 is 2.32 bits per heavy atom. The molecule has 0 fully saturated rings. The summed E-state index contributed by atoms with van der Waals surface area (Å²) >= 11 is 0. The molecule has 2 aromatic rings. The minimum absolute atomic E-state index is 0.00108. The Morgan fingerprint density at radius 2 is 1.71 bits per heavy atom. The lowest BCUT2D eigenvalue weighted by molar-refractivity contribution is -0.384. The molecule has 0 aliphatic rings. The van der Waals surface area contributed by atoms with Crippen molar-refractivity contribution in [3.63, 3.8) is 0 Å². The summed E-state index contributed by atoms with van der Waals surface area (Å²) in [6.07, 6.45) is 1.20. The van der Waals surface area contributed by atoms with Gasteiger partial charge in [-0.15, -0.1) is 0 Å². The zero-order valence-corrected chi connectivity index (χ0v) is 24.3. The normalized spacial score (nSPS) is 11.1. The molecule has 0 spiro atoms. The van der Waals surface area contributed by atoms with Crippen LogP contribution in [0.4, 0.5) is 10.5 Å². The lowest BCUT2D eigenvalue weighted by atomic mass is 10.2. The van der Waals surface area contributed by atoms with E-state index in [4.69, 9.17) is 14.9 Å². The largest absolute Gasteiger partial charge is 0.445 e. The molecule has 2 rings (SSSR count). The summed E-state index contributed by atoms with van der Waals surface area (Å²) in [4.78, 5) is 24.6. The van der Waals surface area contributed by atoms with Crippen LogP contribution in [0.1, 0.15) is 38.3 Å². The van der Waals surface area contributed by atoms with E-state index in [1.807, 2.05) is 32.0 Å². The van der Waals surface area contributed by atoms with Crippen molar-refractivity contribution in [2.24, 2.45) is 5.73 Å². The molecule has 0 bridgehead atoms. The van der Waals surface area contributed by atoms with Gasteiger partial charge in [-0.05, 0) is 57.0 Å². The fourth-order valence-corrected chi connectivity index (χ4v) is 3.80. The summed E-state index contributed by atoms with van der Waals surface area (Å²) < 4.78 is 11.1. The highest BCUT2D eigenvalue weighted by Gasteiger charge is 2.13. The van der Waals surface area contributed by atoms with E-state index in [2.05, 4.69) is 52.2 Å². The Hall–Kier alpha value is -4.16. The van der Waals surface area contributed by atoms with E-state index < -0.39 is 11.0 Å². The molecule has 1 amide bonds. The molecule has 0 radical (unpaired) electrons. The number of hydrogen-bond donors (Lipinski definition) is 5. The zero-order valence-electron chi connectivity index (χ0n) is 24.3. The molecule has 2 aromatic carbocycles. The quantitative estimate of drug-likeness (QED) is 0.0588. The molecular formula is C29H45N7O5. The van der Waals surface area contributed by atoms with Crippen LogP contribution in [0.2, 0.25) is 0 Å². The lowest BCUT2D eigenvalue weighted by Gasteiger charge is -2.27. The van der Waals surface area contributed by atoms with Crippen LogP contribution in [0, 0.1) is 15.5 Å². The summed E-state index contributed by atoms with van der Waals surface area (Å²) in [6, 6.07) is 16.1. The van der Waals surface area contributed by atoms with Crippen molar-refractivity contribution >= 4 is 18.1 Å². The summed E-state index contributed by atoms with van der Waals surface area (Å²) in [5.41, 5.74) is 6.26. The fraction of sp³-hybridized carbons (Fsp3) is 0.448. The van der Waals surface area contributed by atoms with Crippen LogP contribution >= 0.6 is 0 Å². The number of nitro benzene ring substituents is 1. The monoisotopic (exact) mass is 571 g/mol. The zero-order chi connectivity index (χ0) is 30.5. The molecule has 0 aliphatic heterocycles. The number of rotatable bonds is 18. The van der Waals surface area contributed by atoms with Crippen molar-refractivity contribution in [2.75, 3.05) is 32.7 Å². The van der Waals surface area contributed by atoms with E-state index in [-0.39, 0.29) is 24.5 Å². The van der Waals surface area contributed by atoms with Gasteiger partial charge >= 0.3 is 6.09 Å². The van der Waals surface area contributed by atoms with Crippen LogP contribution in [-0.4, -0.2) is 67.2 Å². The van der Waals surface area contributed by atoms with Gasteiger partial charge in [0.15, 0.2) is 0 Å². The van der Waals surface area contributed by atoms with E-state index in [9.17, 15) is 14.9 Å². The number of alkyl carbamates (subject to hydrolysis) is 1. The van der Waals surface area contributed by atoms with Gasteiger partial charge in [-0.25, -0.2) is 4.79 Å².